The molecule has 0 aromatic rings. The van der Waals surface area contributed by atoms with Crippen molar-refractivity contribution in [3.05, 3.63) is 0 Å². The average Bonchev–Trinajstić information content (AvgIpc) is 3.21. The maximum Gasteiger partial charge on any atom is 0.407 e. The van der Waals surface area contributed by atoms with Crippen LogP contribution in [0.15, 0.2) is 0 Å². The Kier molecular flexibility index (Phi) is 35.2. The first-order valence-corrected chi connectivity index (χ1v) is 20.5. The van der Waals surface area contributed by atoms with Gasteiger partial charge in [-0.3, -0.25) is 24.0 Å². The summed E-state index contributed by atoms with van der Waals surface area (Å²) in [6.45, 7) is 8.21. The second-order valence-corrected chi connectivity index (χ2v) is 14.1. The standard InChI is InChI=1S/C40H68N6O16/c1-40(2,3)62-39(52)43-13-21-53-18-8-34(47)46(32-35(48)44(4)14-22-56-26-30-58-28-24-54-19-9-37(50)60-16-6-11-41)33-36(49)45(5)15-23-57-27-31-59-29-25-55-20-10-38(51)61-17-7-12-42/h6-10,13-33H2,1-5H3,(H,43,52). The Morgan fingerprint density at radius 3 is 1.27 bits per heavy atom. The predicted octanol–water partition coefficient (Wildman–Crippen LogP) is 0.457. The first-order valence-electron chi connectivity index (χ1n) is 20.5. The fourth-order valence-electron chi connectivity index (χ4n) is 4.37. The van der Waals surface area contributed by atoms with E-state index in [0.717, 1.165) is 0 Å². The molecule has 0 fully saturated rings. The summed E-state index contributed by atoms with van der Waals surface area (Å²) in [5.74, 6) is -2.17. The fraction of sp³-hybridized carbons (Fsp3) is 0.800. The molecule has 1 N–H and O–H groups in total. The van der Waals surface area contributed by atoms with Gasteiger partial charge in [0.05, 0.1) is 137 Å². The van der Waals surface area contributed by atoms with E-state index in [9.17, 15) is 28.8 Å². The van der Waals surface area contributed by atoms with E-state index in [-0.39, 0.29) is 171 Å². The summed E-state index contributed by atoms with van der Waals surface area (Å²) in [4.78, 5) is 78.3. The Hall–Kier alpha value is -4.68. The molecule has 0 spiro atoms. The molecule has 0 heterocycles. The van der Waals surface area contributed by atoms with Gasteiger partial charge in [0.1, 0.15) is 31.9 Å². The van der Waals surface area contributed by atoms with Crippen molar-refractivity contribution in [3.63, 3.8) is 0 Å². The minimum absolute atomic E-state index is 0.0127. The molecule has 0 saturated carbocycles. The number of amides is 4. The third-order valence-corrected chi connectivity index (χ3v) is 7.72. The van der Waals surface area contributed by atoms with Gasteiger partial charge >= 0.3 is 18.0 Å². The van der Waals surface area contributed by atoms with E-state index in [4.69, 9.17) is 57.9 Å². The molecule has 4 amide bonds. The molecule has 0 saturated heterocycles. The van der Waals surface area contributed by atoms with Gasteiger partial charge in [-0.1, -0.05) is 0 Å². The van der Waals surface area contributed by atoms with Crippen LogP contribution in [0.2, 0.25) is 0 Å². The molecule has 0 rings (SSSR count). The van der Waals surface area contributed by atoms with Crippen molar-refractivity contribution in [3.8, 4) is 12.1 Å². The van der Waals surface area contributed by atoms with Crippen molar-refractivity contribution in [1.29, 1.82) is 10.5 Å². The van der Waals surface area contributed by atoms with Crippen molar-refractivity contribution < 1.29 is 76.1 Å². The van der Waals surface area contributed by atoms with Crippen LogP contribution in [0.5, 0.6) is 0 Å². The van der Waals surface area contributed by atoms with Gasteiger partial charge in [0, 0.05) is 33.7 Å². The van der Waals surface area contributed by atoms with E-state index in [1.54, 1.807) is 34.9 Å². The van der Waals surface area contributed by atoms with Crippen LogP contribution >= 0.6 is 0 Å². The highest BCUT2D eigenvalue weighted by atomic mass is 16.6. The Balaban J connectivity index is 4.66. The lowest BCUT2D eigenvalue weighted by molar-refractivity contribution is -0.145. The molecule has 0 aliphatic carbocycles. The third kappa shape index (κ3) is 36.0. The summed E-state index contributed by atoms with van der Waals surface area (Å²) in [5.41, 5.74) is -0.651. The highest BCUT2D eigenvalue weighted by Gasteiger charge is 2.24. The summed E-state index contributed by atoms with van der Waals surface area (Å²) in [6.07, 6.45) is -0.272. The Labute approximate surface area is 365 Å². The summed E-state index contributed by atoms with van der Waals surface area (Å²) in [7, 11) is 3.12. The molecule has 0 unspecified atom stereocenters. The Bertz CT molecular complexity index is 1280. The van der Waals surface area contributed by atoms with Crippen molar-refractivity contribution in [2.24, 2.45) is 0 Å². The van der Waals surface area contributed by atoms with Crippen LogP contribution < -0.4 is 5.32 Å². The zero-order valence-electron chi connectivity index (χ0n) is 37.2. The average molecular weight is 889 g/mol. The van der Waals surface area contributed by atoms with Crippen LogP contribution in [0.4, 0.5) is 4.79 Å². The van der Waals surface area contributed by atoms with E-state index < -0.39 is 41.4 Å². The van der Waals surface area contributed by atoms with Crippen molar-refractivity contribution >= 4 is 35.8 Å². The number of hydrogen-bond acceptors (Lipinski definition) is 18. The molecule has 62 heavy (non-hydrogen) atoms. The number of likely N-dealkylation sites (N-methyl/N-ethyl adjacent to an activating group) is 2. The number of ether oxygens (including phenoxy) is 10. The number of nitrogens with one attached hydrogen (secondary N) is 1. The van der Waals surface area contributed by atoms with E-state index in [1.165, 1.54) is 14.7 Å². The Morgan fingerprint density at radius 2 is 0.871 bits per heavy atom. The smallest absolute Gasteiger partial charge is 0.407 e. The highest BCUT2D eigenvalue weighted by Crippen LogP contribution is 2.06. The molecular weight excluding hydrogens is 820 g/mol. The topological polar surface area (TPSA) is 264 Å². The number of hydrogen-bond donors (Lipinski definition) is 1. The van der Waals surface area contributed by atoms with Gasteiger partial charge in [0.25, 0.3) is 0 Å². The van der Waals surface area contributed by atoms with Crippen LogP contribution in [0.1, 0.15) is 52.9 Å². The SMILES string of the molecule is CN(CCOCCOCCOCCC(=O)OCCC#N)C(=O)CN(CC(=O)N(C)CCOCCOCCOCCC(=O)OCCC#N)C(=O)CCOCCNC(=O)OC(C)(C)C. The molecule has 0 aromatic carbocycles. The summed E-state index contributed by atoms with van der Waals surface area (Å²) in [6, 6.07) is 3.77. The molecule has 0 bridgehead atoms. The van der Waals surface area contributed by atoms with Crippen LogP contribution in [0.25, 0.3) is 0 Å². The van der Waals surface area contributed by atoms with Gasteiger partial charge in [0.15, 0.2) is 0 Å². The van der Waals surface area contributed by atoms with E-state index in [2.05, 4.69) is 5.32 Å². The number of carbonyl (C=O) groups is 6. The largest absolute Gasteiger partial charge is 0.465 e. The van der Waals surface area contributed by atoms with Gasteiger partial charge < -0.3 is 67.4 Å². The number of esters is 2. The molecule has 354 valence electrons. The second kappa shape index (κ2) is 38.0. The van der Waals surface area contributed by atoms with Gasteiger partial charge in [-0.05, 0) is 20.8 Å². The molecule has 0 aliphatic rings. The summed E-state index contributed by atoms with van der Waals surface area (Å²) in [5, 5.41) is 19.5. The number of nitriles is 2. The van der Waals surface area contributed by atoms with Crippen molar-refractivity contribution in [2.45, 2.75) is 58.5 Å². The van der Waals surface area contributed by atoms with Crippen molar-refractivity contribution in [2.75, 3.05) is 153 Å². The van der Waals surface area contributed by atoms with E-state index >= 15 is 0 Å². The maximum atomic E-state index is 13.3. The van der Waals surface area contributed by atoms with Gasteiger partial charge in [0.2, 0.25) is 17.7 Å². The molecule has 0 aromatic heterocycles. The lowest BCUT2D eigenvalue weighted by atomic mass is 10.2. The number of carbonyl (C=O) groups excluding carboxylic acids is 6. The zero-order chi connectivity index (χ0) is 46.3. The molecule has 0 atom stereocenters. The fourth-order valence-corrected chi connectivity index (χ4v) is 4.37. The number of rotatable bonds is 38. The van der Waals surface area contributed by atoms with Gasteiger partial charge in [-0.15, -0.1) is 0 Å². The van der Waals surface area contributed by atoms with Crippen LogP contribution in [-0.4, -0.2) is 209 Å². The van der Waals surface area contributed by atoms with Crippen LogP contribution in [0.3, 0.4) is 0 Å². The van der Waals surface area contributed by atoms with E-state index in [0.29, 0.717) is 0 Å². The predicted molar refractivity (Wildman–Crippen MR) is 218 cm³/mol. The third-order valence-electron chi connectivity index (χ3n) is 7.72. The Morgan fingerprint density at radius 1 is 0.500 bits per heavy atom. The van der Waals surface area contributed by atoms with Crippen LogP contribution in [-0.2, 0) is 71.3 Å². The van der Waals surface area contributed by atoms with Crippen LogP contribution in [0, 0.1) is 22.7 Å². The van der Waals surface area contributed by atoms with Crippen molar-refractivity contribution in [1.82, 2.24) is 20.0 Å². The first-order chi connectivity index (χ1) is 29.7. The van der Waals surface area contributed by atoms with Gasteiger partial charge in [-0.25, -0.2) is 4.79 Å². The lowest BCUT2D eigenvalue weighted by Crippen LogP contribution is -2.47. The normalized spacial score (nSPS) is 10.9. The minimum atomic E-state index is -0.651. The summed E-state index contributed by atoms with van der Waals surface area (Å²) < 4.78 is 53.0. The molecule has 22 heteroatoms. The maximum absolute atomic E-state index is 13.3. The molecular formula is C40H68N6O16. The molecule has 22 nitrogen and oxygen atoms in total. The molecule has 0 aliphatic heterocycles. The zero-order valence-corrected chi connectivity index (χ0v) is 37.2. The lowest BCUT2D eigenvalue weighted by Gasteiger charge is -2.27. The first kappa shape index (κ1) is 57.3. The molecule has 0 radical (unpaired) electrons. The highest BCUT2D eigenvalue weighted by molar-refractivity contribution is 5.89. The minimum Gasteiger partial charge on any atom is -0.465 e. The quantitative estimate of drug-likeness (QED) is 0.0501. The monoisotopic (exact) mass is 888 g/mol. The number of alkyl carbamates (subject to hydrolysis) is 1. The van der Waals surface area contributed by atoms with Gasteiger partial charge in [-0.2, -0.15) is 10.5 Å². The van der Waals surface area contributed by atoms with E-state index in [1.807, 2.05) is 12.1 Å². The summed E-state index contributed by atoms with van der Waals surface area (Å²) >= 11 is 0. The second-order valence-electron chi connectivity index (χ2n) is 14.1. The number of nitrogens with zero attached hydrogens (tertiary/aromatic N) is 5.